The van der Waals surface area contributed by atoms with E-state index in [1.54, 1.807) is 6.07 Å². The fourth-order valence-electron chi connectivity index (χ4n) is 2.63. The van der Waals surface area contributed by atoms with Gasteiger partial charge in [0.1, 0.15) is 17.2 Å². The van der Waals surface area contributed by atoms with Crippen molar-refractivity contribution in [3.63, 3.8) is 0 Å². The van der Waals surface area contributed by atoms with Gasteiger partial charge in [-0.05, 0) is 46.4 Å². The summed E-state index contributed by atoms with van der Waals surface area (Å²) >= 11 is 2.12. The number of hydrogen-bond donors (Lipinski definition) is 1. The van der Waals surface area contributed by atoms with E-state index >= 15 is 0 Å². The molecule has 21 heavy (non-hydrogen) atoms. The Labute approximate surface area is 136 Å². The third-order valence-corrected chi connectivity index (χ3v) is 4.57. The maximum Gasteiger partial charge on any atom is 0.134 e. The predicted octanol–water partition coefficient (Wildman–Crippen LogP) is 4.79. The van der Waals surface area contributed by atoms with Crippen molar-refractivity contribution < 1.29 is 8.81 Å². The second-order valence-corrected chi connectivity index (χ2v) is 6.09. The molecule has 1 aromatic heterocycles. The van der Waals surface area contributed by atoms with Crippen molar-refractivity contribution in [3.05, 3.63) is 68.7 Å². The monoisotopic (exact) mass is 395 g/mol. The summed E-state index contributed by atoms with van der Waals surface area (Å²) in [5.41, 5.74) is 9.22. The zero-order valence-electron chi connectivity index (χ0n) is 11.6. The van der Waals surface area contributed by atoms with E-state index in [2.05, 4.69) is 22.6 Å². The first-order chi connectivity index (χ1) is 10.1. The highest BCUT2D eigenvalue weighted by molar-refractivity contribution is 14.1. The smallest absolute Gasteiger partial charge is 0.134 e. The summed E-state index contributed by atoms with van der Waals surface area (Å²) in [6.45, 7) is 2.05. The summed E-state index contributed by atoms with van der Waals surface area (Å²) in [6.07, 6.45) is 0.773. The van der Waals surface area contributed by atoms with E-state index in [-0.39, 0.29) is 11.9 Å². The van der Waals surface area contributed by atoms with Gasteiger partial charge in [-0.2, -0.15) is 0 Å². The molecule has 2 aromatic carbocycles. The van der Waals surface area contributed by atoms with E-state index in [0.29, 0.717) is 0 Å². The van der Waals surface area contributed by atoms with Gasteiger partial charge >= 0.3 is 0 Å². The molecule has 4 heteroatoms. The van der Waals surface area contributed by atoms with Crippen LogP contribution in [0.2, 0.25) is 0 Å². The Kier molecular flexibility index (Phi) is 3.99. The largest absolute Gasteiger partial charge is 0.461 e. The average Bonchev–Trinajstić information content (AvgIpc) is 2.85. The minimum atomic E-state index is -0.323. The number of aryl methyl sites for hydroxylation is 1. The first-order valence-corrected chi connectivity index (χ1v) is 7.90. The molecule has 0 aliphatic rings. The van der Waals surface area contributed by atoms with Crippen LogP contribution in [0.1, 0.15) is 29.9 Å². The van der Waals surface area contributed by atoms with Crippen LogP contribution in [-0.2, 0) is 6.42 Å². The number of furan rings is 1. The SMILES string of the molecule is CCc1oc2ccccc2c1C(N)c1ccc(F)cc1I. The van der Waals surface area contributed by atoms with Crippen molar-refractivity contribution in [1.82, 2.24) is 0 Å². The summed E-state index contributed by atoms with van der Waals surface area (Å²) in [6, 6.07) is 12.3. The third kappa shape index (κ3) is 2.58. The van der Waals surface area contributed by atoms with E-state index in [0.717, 1.165) is 37.8 Å². The van der Waals surface area contributed by atoms with Crippen LogP contribution in [0, 0.1) is 9.39 Å². The highest BCUT2D eigenvalue weighted by Gasteiger charge is 2.21. The van der Waals surface area contributed by atoms with Crippen molar-refractivity contribution in [2.45, 2.75) is 19.4 Å². The molecule has 3 rings (SSSR count). The lowest BCUT2D eigenvalue weighted by Gasteiger charge is -2.14. The zero-order valence-corrected chi connectivity index (χ0v) is 13.7. The summed E-state index contributed by atoms with van der Waals surface area (Å²) in [4.78, 5) is 0. The number of benzene rings is 2. The summed E-state index contributed by atoms with van der Waals surface area (Å²) in [7, 11) is 0. The molecule has 0 aliphatic heterocycles. The van der Waals surface area contributed by atoms with Gasteiger partial charge in [-0.15, -0.1) is 0 Å². The van der Waals surface area contributed by atoms with Gasteiger partial charge in [-0.3, -0.25) is 0 Å². The van der Waals surface area contributed by atoms with Crippen molar-refractivity contribution in [2.75, 3.05) is 0 Å². The Morgan fingerprint density at radius 1 is 1.24 bits per heavy atom. The standard InChI is InChI=1S/C17H15FINO/c1-2-14-16(12-5-3-4-6-15(12)21-14)17(20)11-8-7-10(18)9-13(11)19/h3-9,17H,2,20H2,1H3. The Hall–Kier alpha value is -1.40. The second kappa shape index (κ2) is 5.77. The van der Waals surface area contributed by atoms with Crippen molar-refractivity contribution >= 4 is 33.6 Å². The highest BCUT2D eigenvalue weighted by atomic mass is 127. The number of halogens is 2. The Morgan fingerprint density at radius 3 is 2.71 bits per heavy atom. The number of rotatable bonds is 3. The molecule has 1 heterocycles. The van der Waals surface area contributed by atoms with Gasteiger partial charge in [-0.1, -0.05) is 31.2 Å². The maximum atomic E-state index is 13.3. The topological polar surface area (TPSA) is 39.2 Å². The number of hydrogen-bond acceptors (Lipinski definition) is 2. The van der Waals surface area contributed by atoms with E-state index in [4.69, 9.17) is 10.2 Å². The maximum absolute atomic E-state index is 13.3. The van der Waals surface area contributed by atoms with E-state index in [1.807, 2.05) is 31.2 Å². The van der Waals surface area contributed by atoms with Crippen LogP contribution in [0.5, 0.6) is 0 Å². The molecular formula is C17H15FINO. The molecule has 0 saturated heterocycles. The van der Waals surface area contributed by atoms with Crippen LogP contribution < -0.4 is 5.73 Å². The molecular weight excluding hydrogens is 380 g/mol. The first kappa shape index (κ1) is 14.5. The molecule has 3 aromatic rings. The molecule has 2 N–H and O–H groups in total. The molecule has 0 radical (unpaired) electrons. The molecule has 0 spiro atoms. The summed E-state index contributed by atoms with van der Waals surface area (Å²) in [5.74, 6) is 0.645. The van der Waals surface area contributed by atoms with Gasteiger partial charge in [0.05, 0.1) is 6.04 Å². The van der Waals surface area contributed by atoms with Crippen molar-refractivity contribution in [1.29, 1.82) is 0 Å². The highest BCUT2D eigenvalue weighted by Crippen LogP contribution is 2.34. The lowest BCUT2D eigenvalue weighted by atomic mass is 9.96. The number of para-hydroxylation sites is 1. The van der Waals surface area contributed by atoms with E-state index < -0.39 is 0 Å². The Bertz CT molecular complexity index is 797. The minimum Gasteiger partial charge on any atom is -0.461 e. The van der Waals surface area contributed by atoms with Gasteiger partial charge in [0.2, 0.25) is 0 Å². The second-order valence-electron chi connectivity index (χ2n) is 4.93. The van der Waals surface area contributed by atoms with Gasteiger partial charge in [0, 0.05) is 20.9 Å². The molecule has 1 unspecified atom stereocenters. The van der Waals surface area contributed by atoms with Gasteiger partial charge in [0.25, 0.3) is 0 Å². The van der Waals surface area contributed by atoms with Gasteiger partial charge in [0.15, 0.2) is 0 Å². The fourth-order valence-corrected chi connectivity index (χ4v) is 3.44. The van der Waals surface area contributed by atoms with E-state index in [1.165, 1.54) is 12.1 Å². The summed E-state index contributed by atoms with van der Waals surface area (Å²) < 4.78 is 20.0. The molecule has 2 nitrogen and oxygen atoms in total. The quantitative estimate of drug-likeness (QED) is 0.648. The molecule has 0 aliphatic carbocycles. The molecule has 0 bridgehead atoms. The number of nitrogens with two attached hydrogens (primary N) is 1. The summed E-state index contributed by atoms with van der Waals surface area (Å²) in [5, 5.41) is 1.03. The zero-order chi connectivity index (χ0) is 15.0. The fraction of sp³-hybridized carbons (Fsp3) is 0.176. The van der Waals surface area contributed by atoms with Crippen molar-refractivity contribution in [2.24, 2.45) is 5.73 Å². The van der Waals surface area contributed by atoms with Crippen LogP contribution in [-0.4, -0.2) is 0 Å². The lowest BCUT2D eigenvalue weighted by molar-refractivity contribution is 0.546. The van der Waals surface area contributed by atoms with Crippen LogP contribution in [0.4, 0.5) is 4.39 Å². The average molecular weight is 395 g/mol. The normalized spacial score (nSPS) is 12.8. The Balaban J connectivity index is 2.18. The van der Waals surface area contributed by atoms with Gasteiger partial charge < -0.3 is 10.2 Å². The molecule has 0 saturated carbocycles. The molecule has 0 fully saturated rings. The van der Waals surface area contributed by atoms with Crippen LogP contribution in [0.3, 0.4) is 0 Å². The predicted molar refractivity (Wildman–Crippen MR) is 90.7 cm³/mol. The van der Waals surface area contributed by atoms with Crippen molar-refractivity contribution in [3.8, 4) is 0 Å². The molecule has 0 amide bonds. The minimum absolute atomic E-state index is 0.247. The molecule has 108 valence electrons. The lowest BCUT2D eigenvalue weighted by Crippen LogP contribution is -2.14. The number of fused-ring (bicyclic) bond motifs is 1. The van der Waals surface area contributed by atoms with Crippen LogP contribution in [0.15, 0.2) is 46.9 Å². The molecule has 1 atom stereocenters. The van der Waals surface area contributed by atoms with E-state index in [9.17, 15) is 4.39 Å². The van der Waals surface area contributed by atoms with Crippen LogP contribution in [0.25, 0.3) is 11.0 Å². The first-order valence-electron chi connectivity index (χ1n) is 6.82. The Morgan fingerprint density at radius 2 is 2.00 bits per heavy atom. The van der Waals surface area contributed by atoms with Gasteiger partial charge in [-0.25, -0.2) is 4.39 Å². The third-order valence-electron chi connectivity index (χ3n) is 3.64. The van der Waals surface area contributed by atoms with Crippen LogP contribution >= 0.6 is 22.6 Å².